The van der Waals surface area contributed by atoms with Gasteiger partial charge in [-0.3, -0.25) is 0 Å². The van der Waals surface area contributed by atoms with Gasteiger partial charge in [-0.25, -0.2) is 0 Å². The Morgan fingerprint density at radius 2 is 1.08 bits per heavy atom. The average Bonchev–Trinajstić information content (AvgIpc) is 3.25. The Kier molecular flexibility index (Phi) is 6.04. The second-order valence-corrected chi connectivity index (χ2v) is 9.90. The lowest BCUT2D eigenvalue weighted by Crippen LogP contribution is -1.98. The molecular weight excluding hydrogens is 502 g/mol. The largest absolute Gasteiger partial charge is 0.341 e. The fourth-order valence-corrected chi connectivity index (χ4v) is 5.71. The summed E-state index contributed by atoms with van der Waals surface area (Å²) in [6.45, 7) is 3.16. The first-order valence-electron chi connectivity index (χ1n) is 12.4. The van der Waals surface area contributed by atoms with Crippen molar-refractivity contribution in [3.63, 3.8) is 0 Å². The van der Waals surface area contributed by atoms with Crippen molar-refractivity contribution in [3.05, 3.63) is 154 Å². The summed E-state index contributed by atoms with van der Waals surface area (Å²) < 4.78 is 3.48. The number of halogens is 1. The van der Waals surface area contributed by atoms with E-state index in [0.29, 0.717) is 0 Å². The maximum atomic E-state index is 3.72. The molecule has 174 valence electrons. The number of fused-ring (bicyclic) bond motifs is 3. The molecule has 0 aliphatic heterocycles. The van der Waals surface area contributed by atoms with Crippen LogP contribution in [-0.4, -0.2) is 4.57 Å². The van der Waals surface area contributed by atoms with E-state index in [4.69, 9.17) is 0 Å². The Labute approximate surface area is 220 Å². The number of aryl methyl sites for hydroxylation is 1. The first-order valence-corrected chi connectivity index (χ1v) is 13.2. The second kappa shape index (κ2) is 9.64. The number of aromatic nitrogens is 1. The Morgan fingerprint density at radius 3 is 1.75 bits per heavy atom. The predicted molar refractivity (Wildman–Crippen MR) is 157 cm³/mol. The van der Waals surface area contributed by atoms with Crippen LogP contribution < -0.4 is 0 Å². The zero-order valence-electron chi connectivity index (χ0n) is 20.2. The highest BCUT2D eigenvalue weighted by Crippen LogP contribution is 2.39. The molecule has 6 rings (SSSR count). The molecule has 0 saturated heterocycles. The first-order chi connectivity index (χ1) is 17.7. The fourth-order valence-electron chi connectivity index (χ4n) is 5.31. The van der Waals surface area contributed by atoms with E-state index in [1.54, 1.807) is 0 Å². The van der Waals surface area contributed by atoms with Crippen molar-refractivity contribution in [2.24, 2.45) is 0 Å². The van der Waals surface area contributed by atoms with Crippen LogP contribution in [0.3, 0.4) is 0 Å². The Morgan fingerprint density at radius 1 is 0.528 bits per heavy atom. The molecule has 0 saturated carbocycles. The molecule has 0 spiro atoms. The molecular formula is C34H26BrN. The van der Waals surface area contributed by atoms with Gasteiger partial charge < -0.3 is 4.57 Å². The molecule has 0 radical (unpaired) electrons. The molecule has 1 nitrogen and oxygen atoms in total. The van der Waals surface area contributed by atoms with Crippen molar-refractivity contribution in [2.75, 3.05) is 0 Å². The van der Waals surface area contributed by atoms with Crippen molar-refractivity contribution in [3.8, 4) is 0 Å². The summed E-state index contributed by atoms with van der Waals surface area (Å²) in [6.07, 6.45) is 0. The van der Waals surface area contributed by atoms with Gasteiger partial charge >= 0.3 is 0 Å². The Bertz CT molecular complexity index is 1670. The van der Waals surface area contributed by atoms with Crippen LogP contribution in [0.4, 0.5) is 0 Å². The fraction of sp³-hybridized carbons (Fsp3) is 0.0588. The normalized spacial score (nSPS) is 11.2. The number of hydrogen-bond acceptors (Lipinski definition) is 0. The van der Waals surface area contributed by atoms with Crippen molar-refractivity contribution < 1.29 is 0 Å². The van der Waals surface area contributed by atoms with Crippen LogP contribution in [0, 0.1) is 0 Å². The van der Waals surface area contributed by atoms with Crippen LogP contribution in [0.25, 0.3) is 33.0 Å². The monoisotopic (exact) mass is 527 g/mol. The predicted octanol–water partition coefficient (Wildman–Crippen LogP) is 9.58. The Balaban J connectivity index is 1.74. The summed E-state index contributed by atoms with van der Waals surface area (Å²) >= 11 is 3.72. The van der Waals surface area contributed by atoms with Crippen LogP contribution in [0.5, 0.6) is 0 Å². The zero-order chi connectivity index (χ0) is 24.5. The summed E-state index contributed by atoms with van der Waals surface area (Å²) in [5.74, 6) is 0. The molecule has 1 aromatic heterocycles. The number of rotatable bonds is 5. The molecule has 0 N–H and O–H groups in total. The summed E-state index contributed by atoms with van der Waals surface area (Å²) in [6, 6.07) is 45.8. The first kappa shape index (κ1) is 22.6. The standard InChI is InChI=1S/C34H26BrN/c1-2-36-31-19-10-9-18-29(31)30-23-27(20-21-32(30)36)34(26-16-11-17-28(35)22-26)33(24-12-5-3-6-13-24)25-14-7-4-8-15-25/h3-23H,2H2,1H3. The maximum Gasteiger partial charge on any atom is 0.0491 e. The van der Waals surface area contributed by atoms with Crippen molar-refractivity contribution in [1.29, 1.82) is 0 Å². The molecule has 0 amide bonds. The van der Waals surface area contributed by atoms with E-state index >= 15 is 0 Å². The number of para-hydroxylation sites is 1. The van der Waals surface area contributed by atoms with Gasteiger partial charge in [0.05, 0.1) is 0 Å². The van der Waals surface area contributed by atoms with Gasteiger partial charge in [0, 0.05) is 32.8 Å². The molecule has 1 heterocycles. The molecule has 0 atom stereocenters. The van der Waals surface area contributed by atoms with Gasteiger partial charge in [0.25, 0.3) is 0 Å². The SMILES string of the molecule is CCn1c2ccccc2c2cc(C(=C(c3ccccc3)c3ccccc3)c3cccc(Br)c3)ccc21. The van der Waals surface area contributed by atoms with E-state index in [1.807, 2.05) is 0 Å². The lowest BCUT2D eigenvalue weighted by atomic mass is 9.85. The quantitative estimate of drug-likeness (QED) is 0.196. The molecule has 6 aromatic rings. The average molecular weight is 528 g/mol. The van der Waals surface area contributed by atoms with Crippen LogP contribution in [0.1, 0.15) is 29.2 Å². The highest BCUT2D eigenvalue weighted by atomic mass is 79.9. The molecule has 0 aliphatic rings. The van der Waals surface area contributed by atoms with Gasteiger partial charge in [0.2, 0.25) is 0 Å². The number of nitrogens with zero attached hydrogens (tertiary/aromatic N) is 1. The highest BCUT2D eigenvalue weighted by molar-refractivity contribution is 9.10. The minimum absolute atomic E-state index is 0.941. The minimum Gasteiger partial charge on any atom is -0.341 e. The zero-order valence-corrected chi connectivity index (χ0v) is 21.7. The van der Waals surface area contributed by atoms with E-state index < -0.39 is 0 Å². The lowest BCUT2D eigenvalue weighted by molar-refractivity contribution is 0.827. The van der Waals surface area contributed by atoms with Crippen LogP contribution in [-0.2, 0) is 6.54 Å². The molecule has 0 unspecified atom stereocenters. The third-order valence-corrected chi connectivity index (χ3v) is 7.36. The number of benzene rings is 5. The van der Waals surface area contributed by atoms with Gasteiger partial charge in [-0.05, 0) is 70.7 Å². The lowest BCUT2D eigenvalue weighted by Gasteiger charge is -2.18. The van der Waals surface area contributed by atoms with E-state index in [1.165, 1.54) is 55.2 Å². The minimum atomic E-state index is 0.941. The Hall–Kier alpha value is -3.88. The van der Waals surface area contributed by atoms with Gasteiger partial charge in [-0.15, -0.1) is 0 Å². The van der Waals surface area contributed by atoms with E-state index in [2.05, 4.69) is 155 Å². The van der Waals surface area contributed by atoms with Crippen LogP contribution in [0.15, 0.2) is 132 Å². The van der Waals surface area contributed by atoms with Crippen molar-refractivity contribution >= 4 is 48.9 Å². The van der Waals surface area contributed by atoms with Crippen molar-refractivity contribution in [1.82, 2.24) is 4.57 Å². The third kappa shape index (κ3) is 3.98. The van der Waals surface area contributed by atoms with E-state index in [9.17, 15) is 0 Å². The van der Waals surface area contributed by atoms with Crippen LogP contribution in [0.2, 0.25) is 0 Å². The van der Waals surface area contributed by atoms with E-state index in [0.717, 1.165) is 11.0 Å². The molecule has 36 heavy (non-hydrogen) atoms. The van der Waals surface area contributed by atoms with E-state index in [-0.39, 0.29) is 0 Å². The molecule has 0 aliphatic carbocycles. The van der Waals surface area contributed by atoms with Gasteiger partial charge in [0.1, 0.15) is 0 Å². The van der Waals surface area contributed by atoms with Crippen LogP contribution >= 0.6 is 15.9 Å². The summed E-state index contributed by atoms with van der Waals surface area (Å²) in [5, 5.41) is 2.59. The summed E-state index contributed by atoms with van der Waals surface area (Å²) in [4.78, 5) is 0. The topological polar surface area (TPSA) is 4.93 Å². The van der Waals surface area contributed by atoms with Gasteiger partial charge in [-0.2, -0.15) is 0 Å². The second-order valence-electron chi connectivity index (χ2n) is 8.99. The van der Waals surface area contributed by atoms with Crippen molar-refractivity contribution in [2.45, 2.75) is 13.5 Å². The van der Waals surface area contributed by atoms with Gasteiger partial charge in [0.15, 0.2) is 0 Å². The maximum absolute atomic E-state index is 3.72. The smallest absolute Gasteiger partial charge is 0.0491 e. The number of hydrogen-bond donors (Lipinski definition) is 0. The molecule has 2 heteroatoms. The molecule has 0 fully saturated rings. The van der Waals surface area contributed by atoms with Gasteiger partial charge in [-0.1, -0.05) is 113 Å². The molecule has 5 aromatic carbocycles. The summed E-state index contributed by atoms with van der Waals surface area (Å²) in [7, 11) is 0. The summed E-state index contributed by atoms with van der Waals surface area (Å²) in [5.41, 5.74) is 9.82. The third-order valence-electron chi connectivity index (χ3n) is 6.87. The molecule has 0 bridgehead atoms. The highest BCUT2D eigenvalue weighted by Gasteiger charge is 2.18.